The van der Waals surface area contributed by atoms with E-state index >= 15 is 0 Å². The molecular formula is C15H19NO2S. The molecule has 0 unspecified atom stereocenters. The van der Waals surface area contributed by atoms with Crippen LogP contribution in [-0.4, -0.2) is 29.9 Å². The van der Waals surface area contributed by atoms with Crippen LogP contribution in [-0.2, 0) is 0 Å². The summed E-state index contributed by atoms with van der Waals surface area (Å²) in [6.45, 7) is 10.6. The number of rotatable bonds is 8. The highest BCUT2D eigenvalue weighted by Gasteiger charge is 2.18. The first-order valence-corrected chi connectivity index (χ1v) is 7.10. The first-order valence-electron chi connectivity index (χ1n) is 6.11. The zero-order chi connectivity index (χ0) is 14.3. The lowest BCUT2D eigenvalue weighted by Crippen LogP contribution is -2.25. The molecule has 3 nitrogen and oxygen atoms in total. The van der Waals surface area contributed by atoms with Crippen molar-refractivity contribution in [2.45, 2.75) is 11.8 Å². The van der Waals surface area contributed by atoms with Gasteiger partial charge in [0, 0.05) is 18.0 Å². The van der Waals surface area contributed by atoms with E-state index in [4.69, 9.17) is 0 Å². The molecule has 0 bridgehead atoms. The summed E-state index contributed by atoms with van der Waals surface area (Å²) < 4.78 is 0. The van der Waals surface area contributed by atoms with Crippen LogP contribution in [0.1, 0.15) is 17.3 Å². The Morgan fingerprint density at radius 2 is 2.00 bits per heavy atom. The minimum Gasteiger partial charge on any atom is -0.478 e. The fraction of sp³-hybridized carbons (Fsp3) is 0.267. The van der Waals surface area contributed by atoms with Gasteiger partial charge in [0.1, 0.15) is 0 Å². The highest BCUT2D eigenvalue weighted by molar-refractivity contribution is 7.99. The number of thioether (sulfide) groups is 1. The highest BCUT2D eigenvalue weighted by atomic mass is 32.2. The Morgan fingerprint density at radius 3 is 2.47 bits per heavy atom. The van der Waals surface area contributed by atoms with Crippen LogP contribution in [0, 0.1) is 0 Å². The number of aromatic carboxylic acids is 1. The average Bonchev–Trinajstić information content (AvgIpc) is 2.38. The third kappa shape index (κ3) is 3.89. The lowest BCUT2D eigenvalue weighted by molar-refractivity contribution is 0.0694. The van der Waals surface area contributed by atoms with Crippen LogP contribution in [0.15, 0.2) is 48.4 Å². The monoisotopic (exact) mass is 277 g/mol. The minimum atomic E-state index is -0.898. The van der Waals surface area contributed by atoms with Crippen molar-refractivity contribution in [3.05, 3.63) is 49.1 Å². The molecule has 1 N–H and O–H groups in total. The molecular weight excluding hydrogens is 258 g/mol. The predicted molar refractivity (Wildman–Crippen MR) is 82.4 cm³/mol. The van der Waals surface area contributed by atoms with Gasteiger partial charge in [-0.1, -0.05) is 25.1 Å². The van der Waals surface area contributed by atoms with E-state index in [2.05, 4.69) is 13.2 Å². The second kappa shape index (κ2) is 7.69. The first kappa shape index (κ1) is 15.4. The maximum atomic E-state index is 11.5. The fourth-order valence-electron chi connectivity index (χ4n) is 1.86. The smallest absolute Gasteiger partial charge is 0.338 e. The maximum absolute atomic E-state index is 11.5. The minimum absolute atomic E-state index is 0.359. The van der Waals surface area contributed by atoms with E-state index in [-0.39, 0.29) is 0 Å². The van der Waals surface area contributed by atoms with Gasteiger partial charge in [0.25, 0.3) is 0 Å². The lowest BCUT2D eigenvalue weighted by Gasteiger charge is -2.24. The van der Waals surface area contributed by atoms with Crippen LogP contribution < -0.4 is 4.90 Å². The molecule has 0 aromatic heterocycles. The molecule has 1 aromatic rings. The Kier molecular flexibility index (Phi) is 6.22. The van der Waals surface area contributed by atoms with Gasteiger partial charge in [-0.15, -0.1) is 24.9 Å². The average molecular weight is 277 g/mol. The van der Waals surface area contributed by atoms with Crippen LogP contribution >= 0.6 is 11.8 Å². The van der Waals surface area contributed by atoms with Gasteiger partial charge < -0.3 is 10.0 Å². The van der Waals surface area contributed by atoms with Gasteiger partial charge in [-0.3, -0.25) is 0 Å². The summed E-state index contributed by atoms with van der Waals surface area (Å²) in [6, 6.07) is 5.57. The molecule has 1 rings (SSSR count). The van der Waals surface area contributed by atoms with Gasteiger partial charge in [0.15, 0.2) is 0 Å². The molecule has 102 valence electrons. The van der Waals surface area contributed by atoms with E-state index in [1.807, 2.05) is 30.0 Å². The van der Waals surface area contributed by atoms with Crippen molar-refractivity contribution in [1.82, 2.24) is 0 Å². The van der Waals surface area contributed by atoms with Crippen LogP contribution in [0.5, 0.6) is 0 Å². The normalized spacial score (nSPS) is 9.95. The van der Waals surface area contributed by atoms with Gasteiger partial charge in [-0.05, 0) is 17.9 Å². The SMILES string of the molecule is C=CCN(CC=C)c1cccc(SCC)c1C(=O)O. The number of anilines is 1. The third-order valence-electron chi connectivity index (χ3n) is 2.56. The largest absolute Gasteiger partial charge is 0.478 e. The molecule has 0 spiro atoms. The van der Waals surface area contributed by atoms with Crippen molar-refractivity contribution in [2.24, 2.45) is 0 Å². The summed E-state index contributed by atoms with van der Waals surface area (Å²) >= 11 is 1.54. The van der Waals surface area contributed by atoms with Crippen LogP contribution in [0.3, 0.4) is 0 Å². The molecule has 0 amide bonds. The number of carbonyl (C=O) groups is 1. The van der Waals surface area contributed by atoms with Crippen molar-refractivity contribution in [1.29, 1.82) is 0 Å². The standard InChI is InChI=1S/C15H19NO2S/c1-4-10-16(11-5-2)12-8-7-9-13(19-6-3)14(12)15(17)18/h4-5,7-9H,1-2,6,10-11H2,3H3,(H,17,18). The van der Waals surface area contributed by atoms with Crippen molar-refractivity contribution in [3.8, 4) is 0 Å². The van der Waals surface area contributed by atoms with Crippen LogP contribution in [0.4, 0.5) is 5.69 Å². The maximum Gasteiger partial charge on any atom is 0.338 e. The Labute approximate surface area is 118 Å². The quantitative estimate of drug-likeness (QED) is 0.581. The Balaban J connectivity index is 3.30. The van der Waals surface area contributed by atoms with Crippen molar-refractivity contribution < 1.29 is 9.90 Å². The zero-order valence-corrected chi connectivity index (χ0v) is 11.9. The summed E-state index contributed by atoms with van der Waals surface area (Å²) in [5, 5.41) is 9.47. The third-order valence-corrected chi connectivity index (χ3v) is 3.50. The fourth-order valence-corrected chi connectivity index (χ4v) is 2.68. The van der Waals surface area contributed by atoms with E-state index in [1.54, 1.807) is 12.2 Å². The van der Waals surface area contributed by atoms with Gasteiger partial charge in [-0.25, -0.2) is 4.79 Å². The van der Waals surface area contributed by atoms with Gasteiger partial charge in [0.2, 0.25) is 0 Å². The second-order valence-corrected chi connectivity index (χ2v) is 5.18. The number of carboxylic acids is 1. The van der Waals surface area contributed by atoms with Gasteiger partial charge >= 0.3 is 5.97 Å². The summed E-state index contributed by atoms with van der Waals surface area (Å²) in [4.78, 5) is 14.3. The van der Waals surface area contributed by atoms with E-state index in [9.17, 15) is 9.90 Å². The molecule has 19 heavy (non-hydrogen) atoms. The van der Waals surface area contributed by atoms with E-state index in [0.29, 0.717) is 24.3 Å². The first-order chi connectivity index (χ1) is 9.15. The van der Waals surface area contributed by atoms with Crippen molar-refractivity contribution in [3.63, 3.8) is 0 Å². The highest BCUT2D eigenvalue weighted by Crippen LogP contribution is 2.31. The second-order valence-electron chi connectivity index (χ2n) is 3.87. The Hall–Kier alpha value is -1.68. The number of carboxylic acid groups (broad SMARTS) is 1. The number of nitrogens with zero attached hydrogens (tertiary/aromatic N) is 1. The topological polar surface area (TPSA) is 40.5 Å². The molecule has 0 radical (unpaired) electrons. The summed E-state index contributed by atoms with van der Waals surface area (Å²) in [7, 11) is 0. The molecule has 0 saturated carbocycles. The molecule has 1 aromatic carbocycles. The number of benzene rings is 1. The predicted octanol–water partition coefficient (Wildman–Crippen LogP) is 3.68. The molecule has 0 saturated heterocycles. The van der Waals surface area contributed by atoms with E-state index in [1.165, 1.54) is 11.8 Å². The number of hydrogen-bond donors (Lipinski definition) is 1. The summed E-state index contributed by atoms with van der Waals surface area (Å²) in [6.07, 6.45) is 3.52. The molecule has 0 aliphatic rings. The van der Waals surface area contributed by atoms with E-state index < -0.39 is 5.97 Å². The summed E-state index contributed by atoms with van der Waals surface area (Å²) in [5.41, 5.74) is 1.07. The zero-order valence-electron chi connectivity index (χ0n) is 11.1. The Bertz CT molecular complexity index is 461. The summed E-state index contributed by atoms with van der Waals surface area (Å²) in [5.74, 6) is -0.0585. The Morgan fingerprint density at radius 1 is 1.37 bits per heavy atom. The number of hydrogen-bond acceptors (Lipinski definition) is 3. The van der Waals surface area contributed by atoms with E-state index in [0.717, 1.165) is 10.6 Å². The van der Waals surface area contributed by atoms with Gasteiger partial charge in [0.05, 0.1) is 11.3 Å². The van der Waals surface area contributed by atoms with Crippen LogP contribution in [0.2, 0.25) is 0 Å². The molecule has 0 aliphatic heterocycles. The van der Waals surface area contributed by atoms with Gasteiger partial charge in [-0.2, -0.15) is 0 Å². The molecule has 0 aliphatic carbocycles. The molecule has 0 fully saturated rings. The molecule has 0 atom stereocenters. The van der Waals surface area contributed by atoms with Crippen LogP contribution in [0.25, 0.3) is 0 Å². The molecule has 0 heterocycles. The van der Waals surface area contributed by atoms with Crippen molar-refractivity contribution >= 4 is 23.4 Å². The lowest BCUT2D eigenvalue weighted by atomic mass is 10.1. The van der Waals surface area contributed by atoms with Crippen molar-refractivity contribution in [2.75, 3.05) is 23.7 Å². The molecule has 4 heteroatoms.